The molecule has 0 fully saturated rings. The lowest BCUT2D eigenvalue weighted by Gasteiger charge is -2.16. The molecule has 0 bridgehead atoms. The lowest BCUT2D eigenvalue weighted by molar-refractivity contribution is -0.0963. The van der Waals surface area contributed by atoms with Gasteiger partial charge < -0.3 is 10.1 Å². The molecule has 0 saturated carbocycles. The number of aryl methyl sites for hydroxylation is 1. The zero-order chi connectivity index (χ0) is 15.5. The number of nitrogens with one attached hydrogen (secondary N) is 1. The predicted octanol–water partition coefficient (Wildman–Crippen LogP) is 4.17. The van der Waals surface area contributed by atoms with Crippen LogP contribution in [-0.2, 0) is 6.42 Å². The molecule has 1 aliphatic carbocycles. The molecule has 5 heteroatoms. The number of halogens is 3. The van der Waals surface area contributed by atoms with E-state index in [1.165, 1.54) is 11.1 Å². The molecule has 1 aromatic rings. The average molecular weight is 299 g/mol. The van der Waals surface area contributed by atoms with Gasteiger partial charge in [-0.15, -0.1) is 0 Å². The summed E-state index contributed by atoms with van der Waals surface area (Å²) in [7, 11) is 0. The van der Waals surface area contributed by atoms with Crippen molar-refractivity contribution in [1.82, 2.24) is 5.32 Å². The van der Waals surface area contributed by atoms with Crippen LogP contribution in [0.1, 0.15) is 36.8 Å². The number of ether oxygens (including phenoxy) is 1. The van der Waals surface area contributed by atoms with E-state index in [2.05, 4.69) is 18.0 Å². The van der Waals surface area contributed by atoms with Crippen LogP contribution < -0.4 is 10.1 Å². The summed E-state index contributed by atoms with van der Waals surface area (Å²) in [5, 5.41) is 2.37. The minimum Gasteiger partial charge on any atom is -0.494 e. The van der Waals surface area contributed by atoms with Gasteiger partial charge in [0, 0.05) is 6.54 Å². The Kier molecular flexibility index (Phi) is 4.80. The molecule has 1 atom stereocenters. The summed E-state index contributed by atoms with van der Waals surface area (Å²) >= 11 is 0. The number of fused-ring (bicyclic) bond motifs is 1. The summed E-state index contributed by atoms with van der Waals surface area (Å²) in [6.45, 7) is 5.83. The van der Waals surface area contributed by atoms with Gasteiger partial charge in [0.05, 0.1) is 6.61 Å². The van der Waals surface area contributed by atoms with Gasteiger partial charge in [-0.05, 0) is 55.4 Å². The maximum Gasteiger partial charge on any atom is 0.430 e. The first-order valence-corrected chi connectivity index (χ1v) is 7.17. The number of rotatable bonds is 6. The highest BCUT2D eigenvalue weighted by Crippen LogP contribution is 2.37. The Bertz CT molecular complexity index is 511. The van der Waals surface area contributed by atoms with Crippen LogP contribution in [0.25, 0.3) is 0 Å². The van der Waals surface area contributed by atoms with Gasteiger partial charge in [0.2, 0.25) is 0 Å². The Hall–Kier alpha value is -1.65. The van der Waals surface area contributed by atoms with Crippen LogP contribution >= 0.6 is 0 Å². The smallest absolute Gasteiger partial charge is 0.430 e. The Balaban J connectivity index is 1.93. The molecule has 0 spiro atoms. The first-order valence-electron chi connectivity index (χ1n) is 7.17. The SMILES string of the molecule is C=C(NCCC1CCc2ccc(OCC)cc21)C(F)(F)F. The Morgan fingerprint density at radius 1 is 1.43 bits per heavy atom. The van der Waals surface area contributed by atoms with E-state index in [1.807, 2.05) is 19.1 Å². The number of alkyl halides is 3. The highest BCUT2D eigenvalue weighted by Gasteiger charge is 2.32. The second-order valence-corrected chi connectivity index (χ2v) is 5.22. The van der Waals surface area contributed by atoms with E-state index >= 15 is 0 Å². The largest absolute Gasteiger partial charge is 0.494 e. The molecule has 1 unspecified atom stereocenters. The van der Waals surface area contributed by atoms with E-state index in [4.69, 9.17) is 4.74 Å². The third kappa shape index (κ3) is 3.93. The van der Waals surface area contributed by atoms with Crippen LogP contribution in [0, 0.1) is 0 Å². The van der Waals surface area contributed by atoms with Crippen molar-refractivity contribution in [1.29, 1.82) is 0 Å². The molecule has 2 nitrogen and oxygen atoms in total. The van der Waals surface area contributed by atoms with Crippen molar-refractivity contribution >= 4 is 0 Å². The molecule has 0 amide bonds. The summed E-state index contributed by atoms with van der Waals surface area (Å²) in [6, 6.07) is 6.03. The second-order valence-electron chi connectivity index (χ2n) is 5.22. The van der Waals surface area contributed by atoms with Crippen molar-refractivity contribution in [3.05, 3.63) is 41.6 Å². The third-order valence-electron chi connectivity index (χ3n) is 3.80. The van der Waals surface area contributed by atoms with E-state index in [1.54, 1.807) is 0 Å². The molecule has 0 radical (unpaired) electrons. The van der Waals surface area contributed by atoms with Crippen LogP contribution in [0.4, 0.5) is 13.2 Å². The molecular formula is C16H20F3NO. The van der Waals surface area contributed by atoms with Crippen molar-refractivity contribution in [2.75, 3.05) is 13.2 Å². The minimum absolute atomic E-state index is 0.279. The molecule has 2 rings (SSSR count). The summed E-state index contributed by atoms with van der Waals surface area (Å²) in [5.74, 6) is 1.12. The lowest BCUT2D eigenvalue weighted by Crippen LogP contribution is -2.26. The summed E-state index contributed by atoms with van der Waals surface area (Å²) in [4.78, 5) is 0. The first-order chi connectivity index (χ1) is 9.91. The van der Waals surface area contributed by atoms with Gasteiger partial charge in [-0.3, -0.25) is 0 Å². The molecule has 1 aliphatic rings. The summed E-state index contributed by atoms with van der Waals surface area (Å²) < 4.78 is 42.5. The second kappa shape index (κ2) is 6.41. The van der Waals surface area contributed by atoms with Crippen LogP contribution in [0.5, 0.6) is 5.75 Å². The van der Waals surface area contributed by atoms with Gasteiger partial charge in [0.1, 0.15) is 11.4 Å². The number of allylic oxidation sites excluding steroid dienone is 1. The van der Waals surface area contributed by atoms with Crippen LogP contribution in [-0.4, -0.2) is 19.3 Å². The van der Waals surface area contributed by atoms with E-state index in [9.17, 15) is 13.2 Å². The maximum atomic E-state index is 12.3. The van der Waals surface area contributed by atoms with Crippen molar-refractivity contribution in [2.24, 2.45) is 0 Å². The molecule has 21 heavy (non-hydrogen) atoms. The fraction of sp³-hybridized carbons (Fsp3) is 0.500. The molecule has 0 saturated heterocycles. The zero-order valence-electron chi connectivity index (χ0n) is 12.1. The molecule has 1 aromatic carbocycles. The molecule has 0 heterocycles. The normalized spacial score (nSPS) is 17.4. The van der Waals surface area contributed by atoms with E-state index < -0.39 is 11.9 Å². The highest BCUT2D eigenvalue weighted by atomic mass is 19.4. The van der Waals surface area contributed by atoms with E-state index in [-0.39, 0.29) is 12.5 Å². The van der Waals surface area contributed by atoms with Crippen LogP contribution in [0.3, 0.4) is 0 Å². The fourth-order valence-corrected chi connectivity index (χ4v) is 2.72. The quantitative estimate of drug-likeness (QED) is 0.851. The average Bonchev–Trinajstić information content (AvgIpc) is 2.81. The first kappa shape index (κ1) is 15.7. The van der Waals surface area contributed by atoms with E-state index in [0.717, 1.165) is 18.6 Å². The van der Waals surface area contributed by atoms with Crippen molar-refractivity contribution < 1.29 is 17.9 Å². The number of hydrogen-bond acceptors (Lipinski definition) is 2. The van der Waals surface area contributed by atoms with Crippen molar-refractivity contribution in [3.8, 4) is 5.75 Å². The maximum absolute atomic E-state index is 12.3. The fourth-order valence-electron chi connectivity index (χ4n) is 2.72. The standard InChI is InChI=1S/C16H20F3NO/c1-3-21-14-7-6-12-4-5-13(15(12)10-14)8-9-20-11(2)16(17,18)19/h6-7,10,13,20H,2-5,8-9H2,1H3. The van der Waals surface area contributed by atoms with Crippen LogP contribution in [0.2, 0.25) is 0 Å². The molecule has 0 aliphatic heterocycles. The summed E-state index contributed by atoms with van der Waals surface area (Å²) in [6.07, 6.45) is -1.74. The number of hydrogen-bond donors (Lipinski definition) is 1. The third-order valence-corrected chi connectivity index (χ3v) is 3.80. The zero-order valence-corrected chi connectivity index (χ0v) is 12.1. The number of benzene rings is 1. The molecule has 116 valence electrons. The Morgan fingerprint density at radius 2 is 2.19 bits per heavy atom. The van der Waals surface area contributed by atoms with Gasteiger partial charge in [0.25, 0.3) is 0 Å². The van der Waals surface area contributed by atoms with Gasteiger partial charge in [-0.1, -0.05) is 12.6 Å². The van der Waals surface area contributed by atoms with Gasteiger partial charge in [-0.25, -0.2) is 0 Å². The lowest BCUT2D eigenvalue weighted by atomic mass is 9.97. The Labute approximate surface area is 123 Å². The van der Waals surface area contributed by atoms with Crippen LogP contribution in [0.15, 0.2) is 30.5 Å². The van der Waals surface area contributed by atoms with E-state index in [0.29, 0.717) is 13.0 Å². The summed E-state index contributed by atoms with van der Waals surface area (Å²) in [5.41, 5.74) is 1.61. The van der Waals surface area contributed by atoms with Crippen molar-refractivity contribution in [2.45, 2.75) is 38.3 Å². The predicted molar refractivity (Wildman–Crippen MR) is 76.5 cm³/mol. The van der Waals surface area contributed by atoms with Gasteiger partial charge in [-0.2, -0.15) is 13.2 Å². The molecule has 1 N–H and O–H groups in total. The molecular weight excluding hydrogens is 279 g/mol. The minimum atomic E-state index is -4.37. The topological polar surface area (TPSA) is 21.3 Å². The Morgan fingerprint density at radius 3 is 2.86 bits per heavy atom. The monoisotopic (exact) mass is 299 g/mol. The highest BCUT2D eigenvalue weighted by molar-refractivity contribution is 5.41. The molecule has 0 aromatic heterocycles. The van der Waals surface area contributed by atoms with Crippen molar-refractivity contribution in [3.63, 3.8) is 0 Å². The van der Waals surface area contributed by atoms with Gasteiger partial charge >= 0.3 is 6.18 Å². The van der Waals surface area contributed by atoms with Gasteiger partial charge in [0.15, 0.2) is 0 Å².